The van der Waals surface area contributed by atoms with E-state index in [1.807, 2.05) is 24.0 Å². The van der Waals surface area contributed by atoms with Gasteiger partial charge in [0.15, 0.2) is 5.76 Å². The van der Waals surface area contributed by atoms with Gasteiger partial charge in [0.2, 0.25) is 0 Å². The van der Waals surface area contributed by atoms with Gasteiger partial charge in [0.1, 0.15) is 5.56 Å². The molecule has 1 aliphatic rings. The summed E-state index contributed by atoms with van der Waals surface area (Å²) in [5.41, 5.74) is 4.90. The van der Waals surface area contributed by atoms with Gasteiger partial charge in [-0.2, -0.15) is 0 Å². The van der Waals surface area contributed by atoms with Gasteiger partial charge in [0.25, 0.3) is 5.91 Å². The molecule has 3 heterocycles. The Labute approximate surface area is 190 Å². The highest BCUT2D eigenvalue weighted by Gasteiger charge is 2.30. The lowest BCUT2D eigenvalue weighted by Crippen LogP contribution is -2.40. The molecule has 5 heteroatoms. The summed E-state index contributed by atoms with van der Waals surface area (Å²) in [4.78, 5) is 19.6. The fourth-order valence-corrected chi connectivity index (χ4v) is 4.50. The second-order valence-corrected chi connectivity index (χ2v) is 9.96. The van der Waals surface area contributed by atoms with Crippen LogP contribution in [0.3, 0.4) is 0 Å². The summed E-state index contributed by atoms with van der Waals surface area (Å²) in [7, 11) is 0. The van der Waals surface area contributed by atoms with E-state index in [0.29, 0.717) is 22.9 Å². The number of aryl methyl sites for hydroxylation is 2. The van der Waals surface area contributed by atoms with E-state index in [0.717, 1.165) is 37.9 Å². The number of pyridine rings is 1. The number of nitrogens with zero attached hydrogens (tertiary/aromatic N) is 3. The zero-order chi connectivity index (χ0) is 22.7. The van der Waals surface area contributed by atoms with E-state index in [1.54, 1.807) is 12.4 Å². The summed E-state index contributed by atoms with van der Waals surface area (Å²) in [6.07, 6.45) is 7.76. The zero-order valence-corrected chi connectivity index (χ0v) is 19.6. The highest BCUT2D eigenvalue weighted by Crippen LogP contribution is 2.30. The molecule has 32 heavy (non-hydrogen) atoms. The monoisotopic (exact) mass is 431 g/mol. The topological polar surface area (TPSA) is 59.2 Å². The predicted molar refractivity (Wildman–Crippen MR) is 127 cm³/mol. The molecule has 1 saturated heterocycles. The number of carbonyl (C=O) groups excluding carboxylic acids is 1. The number of amides is 1. The van der Waals surface area contributed by atoms with Crippen LogP contribution >= 0.6 is 0 Å². The van der Waals surface area contributed by atoms with Gasteiger partial charge in [-0.3, -0.25) is 9.78 Å². The van der Waals surface area contributed by atoms with Gasteiger partial charge in [-0.25, -0.2) is 0 Å². The van der Waals surface area contributed by atoms with Crippen molar-refractivity contribution in [2.45, 2.75) is 58.8 Å². The molecule has 5 nitrogen and oxygen atoms in total. The van der Waals surface area contributed by atoms with E-state index in [9.17, 15) is 4.79 Å². The van der Waals surface area contributed by atoms with Crippen molar-refractivity contribution in [3.05, 3.63) is 71.2 Å². The number of hydrogen-bond acceptors (Lipinski definition) is 4. The normalized spacial score (nSPS) is 16.9. The van der Waals surface area contributed by atoms with Gasteiger partial charge >= 0.3 is 0 Å². The van der Waals surface area contributed by atoms with Crippen LogP contribution in [-0.2, 0) is 11.8 Å². The van der Waals surface area contributed by atoms with Crippen molar-refractivity contribution in [3.63, 3.8) is 0 Å². The Bertz CT molecular complexity index is 1050. The van der Waals surface area contributed by atoms with Gasteiger partial charge in [-0.05, 0) is 67.2 Å². The Hall–Kier alpha value is -2.95. The first-order chi connectivity index (χ1) is 15.3. The average molecular weight is 432 g/mol. The van der Waals surface area contributed by atoms with Crippen molar-refractivity contribution < 1.29 is 9.32 Å². The van der Waals surface area contributed by atoms with Crippen molar-refractivity contribution >= 4 is 5.91 Å². The van der Waals surface area contributed by atoms with Crippen LogP contribution in [0.4, 0.5) is 0 Å². The van der Waals surface area contributed by atoms with Crippen molar-refractivity contribution in [3.8, 4) is 11.3 Å². The number of benzene rings is 1. The maximum atomic E-state index is 13.4. The lowest BCUT2D eigenvalue weighted by Gasteiger charge is -2.33. The van der Waals surface area contributed by atoms with Crippen LogP contribution in [-0.4, -0.2) is 34.0 Å². The van der Waals surface area contributed by atoms with Crippen molar-refractivity contribution in [2.75, 3.05) is 13.1 Å². The first-order valence-corrected chi connectivity index (χ1v) is 11.6. The van der Waals surface area contributed by atoms with Crippen LogP contribution in [0, 0.1) is 12.8 Å². The highest BCUT2D eigenvalue weighted by molar-refractivity contribution is 6.00. The van der Waals surface area contributed by atoms with Gasteiger partial charge < -0.3 is 9.42 Å². The van der Waals surface area contributed by atoms with E-state index in [1.165, 1.54) is 17.5 Å². The second-order valence-electron chi connectivity index (χ2n) is 9.96. The average Bonchev–Trinajstić information content (AvgIpc) is 3.19. The van der Waals surface area contributed by atoms with E-state index in [-0.39, 0.29) is 11.3 Å². The molecule has 168 valence electrons. The fraction of sp³-hybridized carbons (Fsp3) is 0.444. The number of carbonyl (C=O) groups is 1. The minimum absolute atomic E-state index is 0.0156. The van der Waals surface area contributed by atoms with Crippen LogP contribution in [0.5, 0.6) is 0 Å². The smallest absolute Gasteiger partial charge is 0.259 e. The van der Waals surface area contributed by atoms with Gasteiger partial charge in [0, 0.05) is 31.0 Å². The molecule has 1 unspecified atom stereocenters. The van der Waals surface area contributed by atoms with E-state index in [4.69, 9.17) is 4.52 Å². The molecule has 0 radical (unpaired) electrons. The third-order valence-electron chi connectivity index (χ3n) is 6.47. The SMILES string of the molecule is Cc1noc(-c2cccnc2)c1C(=O)N1CCCC(CCc2ccc(C(C)(C)C)cc2)C1. The largest absolute Gasteiger partial charge is 0.355 e. The van der Waals surface area contributed by atoms with Crippen LogP contribution in [0.15, 0.2) is 53.3 Å². The third kappa shape index (κ3) is 4.93. The van der Waals surface area contributed by atoms with Crippen molar-refractivity contribution in [1.29, 1.82) is 0 Å². The molecule has 0 aliphatic carbocycles. The van der Waals surface area contributed by atoms with E-state index in [2.05, 4.69) is 55.2 Å². The molecule has 2 aromatic heterocycles. The molecule has 0 spiro atoms. The highest BCUT2D eigenvalue weighted by atomic mass is 16.5. The van der Waals surface area contributed by atoms with Gasteiger partial charge in [0.05, 0.1) is 5.69 Å². The lowest BCUT2D eigenvalue weighted by atomic mass is 9.86. The molecule has 1 amide bonds. The minimum Gasteiger partial charge on any atom is -0.355 e. The van der Waals surface area contributed by atoms with Gasteiger partial charge in [-0.15, -0.1) is 0 Å². The number of likely N-dealkylation sites (tertiary alicyclic amines) is 1. The summed E-state index contributed by atoms with van der Waals surface area (Å²) >= 11 is 0. The zero-order valence-electron chi connectivity index (χ0n) is 19.6. The number of aromatic nitrogens is 2. The molecular formula is C27H33N3O2. The molecule has 3 aromatic rings. The van der Waals surface area contributed by atoms with E-state index >= 15 is 0 Å². The summed E-state index contributed by atoms with van der Waals surface area (Å²) < 4.78 is 5.52. The molecule has 0 bridgehead atoms. The first-order valence-electron chi connectivity index (χ1n) is 11.6. The Morgan fingerprint density at radius 3 is 2.66 bits per heavy atom. The fourth-order valence-electron chi connectivity index (χ4n) is 4.50. The van der Waals surface area contributed by atoms with E-state index < -0.39 is 0 Å². The van der Waals surface area contributed by atoms with Crippen LogP contribution in [0.1, 0.15) is 67.2 Å². The summed E-state index contributed by atoms with van der Waals surface area (Å²) in [5.74, 6) is 1.04. The summed E-state index contributed by atoms with van der Waals surface area (Å²) in [6, 6.07) is 12.8. The molecule has 4 rings (SSSR count). The van der Waals surface area contributed by atoms with Crippen molar-refractivity contribution in [1.82, 2.24) is 15.0 Å². The van der Waals surface area contributed by atoms with Crippen LogP contribution in [0.2, 0.25) is 0 Å². The van der Waals surface area contributed by atoms with Crippen LogP contribution in [0.25, 0.3) is 11.3 Å². The molecule has 1 aromatic carbocycles. The Morgan fingerprint density at radius 2 is 1.97 bits per heavy atom. The number of piperidine rings is 1. The standard InChI is InChI=1S/C27H33N3O2/c1-19-24(25(32-29-19)22-8-5-15-28-17-22)26(31)30-16-6-7-21(18-30)10-9-20-11-13-23(14-12-20)27(2,3)4/h5,8,11-15,17,21H,6-7,9-10,16,18H2,1-4H3. The maximum absolute atomic E-state index is 13.4. The lowest BCUT2D eigenvalue weighted by molar-refractivity contribution is 0.0668. The Morgan fingerprint density at radius 1 is 1.19 bits per heavy atom. The molecular weight excluding hydrogens is 398 g/mol. The molecule has 0 saturated carbocycles. The quantitative estimate of drug-likeness (QED) is 0.510. The number of hydrogen-bond donors (Lipinski definition) is 0. The minimum atomic E-state index is 0.0156. The Kier molecular flexibility index (Phi) is 6.45. The molecule has 0 N–H and O–H groups in total. The first kappa shape index (κ1) is 22.3. The Balaban J connectivity index is 1.41. The summed E-state index contributed by atoms with van der Waals surface area (Å²) in [6.45, 7) is 10.1. The molecule has 1 fully saturated rings. The van der Waals surface area contributed by atoms with Gasteiger partial charge in [-0.1, -0.05) is 50.2 Å². The maximum Gasteiger partial charge on any atom is 0.259 e. The number of rotatable bonds is 5. The third-order valence-corrected chi connectivity index (χ3v) is 6.47. The molecule has 1 aliphatic heterocycles. The van der Waals surface area contributed by atoms with Crippen LogP contribution < -0.4 is 0 Å². The van der Waals surface area contributed by atoms with Crippen molar-refractivity contribution in [2.24, 2.45) is 5.92 Å². The second kappa shape index (κ2) is 9.27. The predicted octanol–water partition coefficient (Wildman–Crippen LogP) is 5.83. The molecule has 1 atom stereocenters. The summed E-state index contributed by atoms with van der Waals surface area (Å²) in [5, 5.41) is 4.08.